The van der Waals surface area contributed by atoms with Crippen LogP contribution in [0.25, 0.3) is 11.4 Å². The maximum absolute atomic E-state index is 12.5. The number of hydrogen-bond acceptors (Lipinski definition) is 8. The van der Waals surface area contributed by atoms with Crippen LogP contribution in [-0.2, 0) is 11.8 Å². The molecule has 0 aliphatic carbocycles. The van der Waals surface area contributed by atoms with E-state index in [4.69, 9.17) is 4.74 Å². The molecule has 0 aliphatic rings. The predicted molar refractivity (Wildman–Crippen MR) is 104 cm³/mol. The number of nitriles is 1. The number of carbonyl (C=O) groups is 1. The van der Waals surface area contributed by atoms with Crippen molar-refractivity contribution in [2.75, 3.05) is 12.9 Å². The minimum absolute atomic E-state index is 0.120. The quantitative estimate of drug-likeness (QED) is 0.563. The van der Waals surface area contributed by atoms with Gasteiger partial charge in [0.1, 0.15) is 10.8 Å². The lowest BCUT2D eigenvalue weighted by Crippen LogP contribution is -2.13. The van der Waals surface area contributed by atoms with Crippen LogP contribution in [0.15, 0.2) is 34.8 Å². The van der Waals surface area contributed by atoms with Crippen molar-refractivity contribution < 1.29 is 9.53 Å². The Labute approximate surface area is 165 Å². The number of para-hydroxylation sites is 1. The second-order valence-corrected chi connectivity index (χ2v) is 7.54. The molecule has 0 radical (unpaired) electrons. The highest BCUT2D eigenvalue weighted by molar-refractivity contribution is 7.99. The molecule has 0 bridgehead atoms. The minimum Gasteiger partial charge on any atom is -0.496 e. The molecule has 0 N–H and O–H groups in total. The zero-order valence-electron chi connectivity index (χ0n) is 15.0. The Morgan fingerprint density at radius 1 is 1.41 bits per heavy atom. The van der Waals surface area contributed by atoms with Gasteiger partial charge in [-0.15, -0.1) is 21.5 Å². The smallest absolute Gasteiger partial charge is 0.191 e. The molecule has 9 heteroatoms. The molecule has 3 aromatic rings. The average molecular weight is 400 g/mol. The third kappa shape index (κ3) is 4.02. The van der Waals surface area contributed by atoms with E-state index in [1.54, 1.807) is 7.11 Å². The molecule has 138 valence electrons. The number of aryl methyl sites for hydroxylation is 1. The van der Waals surface area contributed by atoms with Gasteiger partial charge in [0, 0.05) is 18.1 Å². The number of hydrogen-bond donors (Lipinski definition) is 0. The van der Waals surface area contributed by atoms with Crippen molar-refractivity contribution in [3.63, 3.8) is 0 Å². The van der Waals surface area contributed by atoms with E-state index in [9.17, 15) is 10.1 Å². The van der Waals surface area contributed by atoms with Crippen molar-refractivity contribution in [3.8, 4) is 23.2 Å². The second kappa shape index (κ2) is 8.33. The van der Waals surface area contributed by atoms with Gasteiger partial charge in [-0.1, -0.05) is 23.9 Å². The van der Waals surface area contributed by atoms with Gasteiger partial charge in [-0.05, 0) is 19.1 Å². The summed E-state index contributed by atoms with van der Waals surface area (Å²) >= 11 is 2.58. The van der Waals surface area contributed by atoms with Crippen LogP contribution in [0.2, 0.25) is 0 Å². The highest BCUT2D eigenvalue weighted by atomic mass is 32.2. The summed E-state index contributed by atoms with van der Waals surface area (Å²) in [6.45, 7) is 1.84. The van der Waals surface area contributed by atoms with E-state index in [0.717, 1.165) is 11.3 Å². The molecule has 3 rings (SSSR count). The van der Waals surface area contributed by atoms with Gasteiger partial charge in [0.25, 0.3) is 0 Å². The number of benzene rings is 1. The Morgan fingerprint density at radius 3 is 2.85 bits per heavy atom. The van der Waals surface area contributed by atoms with Crippen molar-refractivity contribution in [1.29, 1.82) is 5.26 Å². The SMILES string of the molecule is COc1ccccc1-c1nnc(SCC(=O)C(C#N)c2nc(C)cs2)n1C. The fraction of sp³-hybridized carbons (Fsp3) is 0.278. The number of aromatic nitrogens is 4. The molecule has 2 heterocycles. The number of nitrogens with zero attached hydrogens (tertiary/aromatic N) is 5. The number of Topliss-reactive ketones (excluding diaryl/α,β-unsaturated/α-hetero) is 1. The van der Waals surface area contributed by atoms with Gasteiger partial charge in [0.15, 0.2) is 22.7 Å². The molecule has 1 atom stereocenters. The van der Waals surface area contributed by atoms with Gasteiger partial charge in [-0.3, -0.25) is 4.79 Å². The van der Waals surface area contributed by atoms with E-state index in [1.807, 2.05) is 48.2 Å². The summed E-state index contributed by atoms with van der Waals surface area (Å²) in [5.41, 5.74) is 1.63. The number of carbonyl (C=O) groups excluding carboxylic acids is 1. The van der Waals surface area contributed by atoms with Crippen LogP contribution >= 0.6 is 23.1 Å². The lowest BCUT2D eigenvalue weighted by molar-refractivity contribution is -0.116. The van der Waals surface area contributed by atoms with Gasteiger partial charge in [-0.2, -0.15) is 5.26 Å². The lowest BCUT2D eigenvalue weighted by atomic mass is 10.1. The first-order valence-electron chi connectivity index (χ1n) is 8.05. The third-order valence-corrected chi connectivity index (χ3v) is 5.93. The first-order chi connectivity index (χ1) is 13.0. The topological polar surface area (TPSA) is 93.7 Å². The Balaban J connectivity index is 1.75. The Morgan fingerprint density at radius 2 is 2.19 bits per heavy atom. The number of rotatable bonds is 7. The van der Waals surface area contributed by atoms with Gasteiger partial charge < -0.3 is 9.30 Å². The van der Waals surface area contributed by atoms with E-state index in [-0.39, 0.29) is 11.5 Å². The maximum atomic E-state index is 12.5. The standard InChI is InChI=1S/C18H17N5O2S2/c1-11-9-26-17(20-11)13(8-19)14(24)10-27-18-22-21-16(23(18)2)12-6-4-5-7-15(12)25-3/h4-7,9,13H,10H2,1-3H3. The van der Waals surface area contributed by atoms with Crippen molar-refractivity contribution in [3.05, 3.63) is 40.3 Å². The zero-order chi connectivity index (χ0) is 19.4. The molecule has 0 spiro atoms. The molecule has 1 unspecified atom stereocenters. The van der Waals surface area contributed by atoms with E-state index in [0.29, 0.717) is 21.7 Å². The molecular formula is C18H17N5O2S2. The summed E-state index contributed by atoms with van der Waals surface area (Å²) in [6, 6.07) is 9.59. The van der Waals surface area contributed by atoms with Crippen LogP contribution in [0, 0.1) is 18.3 Å². The number of methoxy groups -OCH3 is 1. The fourth-order valence-corrected chi connectivity index (χ4v) is 4.17. The number of ketones is 1. The van der Waals surface area contributed by atoms with Crippen LogP contribution in [0.5, 0.6) is 5.75 Å². The molecule has 2 aromatic heterocycles. The maximum Gasteiger partial charge on any atom is 0.191 e. The van der Waals surface area contributed by atoms with E-state index >= 15 is 0 Å². The van der Waals surface area contributed by atoms with Crippen molar-refractivity contribution >= 4 is 28.9 Å². The molecule has 0 saturated carbocycles. The van der Waals surface area contributed by atoms with Crippen LogP contribution in [0.4, 0.5) is 0 Å². The highest BCUT2D eigenvalue weighted by Crippen LogP contribution is 2.30. The molecule has 1 aromatic carbocycles. The van der Waals surface area contributed by atoms with Gasteiger partial charge in [0.05, 0.1) is 24.5 Å². The Kier molecular flexibility index (Phi) is 5.88. The van der Waals surface area contributed by atoms with Gasteiger partial charge >= 0.3 is 0 Å². The molecule has 0 aliphatic heterocycles. The second-order valence-electron chi connectivity index (χ2n) is 5.71. The van der Waals surface area contributed by atoms with E-state index < -0.39 is 5.92 Å². The Hall–Kier alpha value is -2.70. The Bertz CT molecular complexity index is 1010. The summed E-state index contributed by atoms with van der Waals surface area (Å²) in [5.74, 6) is 0.422. The molecule has 0 amide bonds. The van der Waals surface area contributed by atoms with Crippen LogP contribution in [0.3, 0.4) is 0 Å². The molecule has 27 heavy (non-hydrogen) atoms. The van der Waals surface area contributed by atoms with Crippen molar-refractivity contribution in [2.24, 2.45) is 7.05 Å². The van der Waals surface area contributed by atoms with E-state index in [2.05, 4.69) is 21.3 Å². The summed E-state index contributed by atoms with van der Waals surface area (Å²) in [4.78, 5) is 16.7. The number of thioether (sulfide) groups is 1. The summed E-state index contributed by atoms with van der Waals surface area (Å²) in [7, 11) is 3.44. The highest BCUT2D eigenvalue weighted by Gasteiger charge is 2.24. The van der Waals surface area contributed by atoms with Gasteiger partial charge in [-0.25, -0.2) is 4.98 Å². The summed E-state index contributed by atoms with van der Waals surface area (Å²) in [6.07, 6.45) is 0. The average Bonchev–Trinajstić information content (AvgIpc) is 3.26. The molecule has 0 fully saturated rings. The molecule has 7 nitrogen and oxygen atoms in total. The van der Waals surface area contributed by atoms with Crippen molar-refractivity contribution in [2.45, 2.75) is 18.0 Å². The summed E-state index contributed by atoms with van der Waals surface area (Å²) < 4.78 is 7.19. The number of thiazole rings is 1. The molecular weight excluding hydrogens is 382 g/mol. The predicted octanol–water partition coefficient (Wildman–Crippen LogP) is 3.22. The first-order valence-corrected chi connectivity index (χ1v) is 9.91. The minimum atomic E-state index is -0.849. The van der Waals surface area contributed by atoms with Crippen LogP contribution < -0.4 is 4.74 Å². The zero-order valence-corrected chi connectivity index (χ0v) is 16.7. The van der Waals surface area contributed by atoms with Crippen molar-refractivity contribution in [1.82, 2.24) is 19.7 Å². The molecule has 0 saturated heterocycles. The summed E-state index contributed by atoms with van der Waals surface area (Å²) in [5, 5.41) is 20.7. The third-order valence-electron chi connectivity index (χ3n) is 3.86. The lowest BCUT2D eigenvalue weighted by Gasteiger charge is -2.08. The fourth-order valence-electron chi connectivity index (χ4n) is 2.49. The van der Waals surface area contributed by atoms with Crippen LogP contribution in [-0.4, -0.2) is 38.4 Å². The van der Waals surface area contributed by atoms with E-state index in [1.165, 1.54) is 23.1 Å². The van der Waals surface area contributed by atoms with Gasteiger partial charge in [0.2, 0.25) is 0 Å². The van der Waals surface area contributed by atoms with Crippen LogP contribution in [0.1, 0.15) is 16.6 Å². The normalized spacial score (nSPS) is 11.8. The number of ether oxygens (including phenoxy) is 1. The monoisotopic (exact) mass is 399 g/mol. The first kappa shape index (κ1) is 19.1. The largest absolute Gasteiger partial charge is 0.496 e.